The Hall–Kier alpha value is -3.95. The summed E-state index contributed by atoms with van der Waals surface area (Å²) in [6.07, 6.45) is -1.32. The van der Waals surface area contributed by atoms with Crippen LogP contribution in [0.3, 0.4) is 0 Å². The Bertz CT molecular complexity index is 799. The molecule has 0 aliphatic carbocycles. The van der Waals surface area contributed by atoms with E-state index in [2.05, 4.69) is 20.9 Å². The highest BCUT2D eigenvalue weighted by Gasteiger charge is 2.30. The summed E-state index contributed by atoms with van der Waals surface area (Å²) in [6, 6.07) is -5.56. The lowest BCUT2D eigenvalue weighted by Gasteiger charge is -2.24. The van der Waals surface area contributed by atoms with Crippen LogP contribution in [0.1, 0.15) is 39.0 Å². The van der Waals surface area contributed by atoms with Crippen LogP contribution in [-0.2, 0) is 28.8 Å². The van der Waals surface area contributed by atoms with Gasteiger partial charge >= 0.3 is 17.9 Å². The van der Waals surface area contributed by atoms with Gasteiger partial charge in [0.1, 0.15) is 18.1 Å². The standard InChI is InChI=1S/C18H31N7O9/c1-8(17(33)34)23-16(32)11(7-13(28)29)25-15(31)10(3-2-6-22-18(20)21)24-14(30)9(19)4-5-12(26)27/h8-11H,2-7,19H2,1H3,(H,23,32)(H,24,30)(H,25,31)(H,26,27)(H,28,29)(H,33,34)(H4,20,21,22). The molecule has 16 heteroatoms. The van der Waals surface area contributed by atoms with Crippen LogP contribution >= 0.6 is 0 Å². The van der Waals surface area contributed by atoms with Crippen molar-refractivity contribution in [3.05, 3.63) is 0 Å². The summed E-state index contributed by atoms with van der Waals surface area (Å²) in [6.45, 7) is 1.23. The maximum Gasteiger partial charge on any atom is 0.325 e. The van der Waals surface area contributed by atoms with Gasteiger partial charge in [-0.1, -0.05) is 0 Å². The topological polar surface area (TPSA) is 290 Å². The Labute approximate surface area is 194 Å². The molecule has 4 unspecified atom stereocenters. The highest BCUT2D eigenvalue weighted by molar-refractivity contribution is 5.95. The molecule has 0 spiro atoms. The molecule has 0 bridgehead atoms. The molecular formula is C18H31N7O9. The normalized spacial score (nSPS) is 13.9. The molecule has 3 amide bonds. The Balaban J connectivity index is 5.47. The summed E-state index contributed by atoms with van der Waals surface area (Å²) in [5.74, 6) is -7.06. The van der Waals surface area contributed by atoms with Crippen molar-refractivity contribution < 1.29 is 44.1 Å². The van der Waals surface area contributed by atoms with Crippen LogP contribution in [-0.4, -0.2) is 87.6 Å². The number of carbonyl (C=O) groups is 6. The van der Waals surface area contributed by atoms with Crippen LogP contribution in [0.5, 0.6) is 0 Å². The summed E-state index contributed by atoms with van der Waals surface area (Å²) in [5.41, 5.74) is 16.1. The van der Waals surface area contributed by atoms with Crippen molar-refractivity contribution in [1.29, 1.82) is 0 Å². The monoisotopic (exact) mass is 489 g/mol. The number of aliphatic carboxylic acids is 3. The van der Waals surface area contributed by atoms with E-state index in [4.69, 9.17) is 32.5 Å². The van der Waals surface area contributed by atoms with Gasteiger partial charge in [0.05, 0.1) is 12.5 Å². The van der Waals surface area contributed by atoms with E-state index in [1.165, 1.54) is 0 Å². The van der Waals surface area contributed by atoms with Crippen molar-refractivity contribution in [3.63, 3.8) is 0 Å². The molecule has 4 atom stereocenters. The number of aliphatic imine (C=N–C) groups is 1. The van der Waals surface area contributed by atoms with Gasteiger partial charge in [0, 0.05) is 13.0 Å². The van der Waals surface area contributed by atoms with Crippen molar-refractivity contribution in [1.82, 2.24) is 16.0 Å². The number of guanidine groups is 1. The number of carboxylic acid groups (broad SMARTS) is 3. The minimum Gasteiger partial charge on any atom is -0.481 e. The largest absolute Gasteiger partial charge is 0.481 e. The first-order valence-corrected chi connectivity index (χ1v) is 10.1. The first kappa shape index (κ1) is 30.1. The van der Waals surface area contributed by atoms with Gasteiger partial charge in [-0.25, -0.2) is 0 Å². The van der Waals surface area contributed by atoms with E-state index in [0.29, 0.717) is 0 Å². The zero-order chi connectivity index (χ0) is 26.4. The summed E-state index contributed by atoms with van der Waals surface area (Å²) < 4.78 is 0. The molecule has 0 heterocycles. The van der Waals surface area contributed by atoms with Crippen LogP contribution in [0, 0.1) is 0 Å². The number of carboxylic acids is 3. The molecule has 0 radical (unpaired) electrons. The van der Waals surface area contributed by atoms with Crippen molar-refractivity contribution >= 4 is 41.6 Å². The third-order valence-electron chi connectivity index (χ3n) is 4.33. The molecule has 0 aliphatic rings. The second-order valence-electron chi connectivity index (χ2n) is 7.28. The first-order chi connectivity index (χ1) is 15.7. The lowest BCUT2D eigenvalue weighted by molar-refractivity contribution is -0.143. The van der Waals surface area contributed by atoms with Crippen LogP contribution in [0.4, 0.5) is 0 Å². The van der Waals surface area contributed by atoms with Crippen LogP contribution in [0.15, 0.2) is 4.99 Å². The molecule has 0 aliphatic heterocycles. The Morgan fingerprint density at radius 3 is 1.88 bits per heavy atom. The number of rotatable bonds is 16. The summed E-state index contributed by atoms with van der Waals surface area (Å²) in [5, 5.41) is 33.2. The predicted molar refractivity (Wildman–Crippen MR) is 116 cm³/mol. The minimum atomic E-state index is -1.65. The number of nitrogens with two attached hydrogens (primary N) is 3. The first-order valence-electron chi connectivity index (χ1n) is 10.1. The van der Waals surface area contributed by atoms with E-state index in [1.807, 2.05) is 0 Å². The van der Waals surface area contributed by atoms with Crippen molar-refractivity contribution in [2.75, 3.05) is 6.54 Å². The third-order valence-corrected chi connectivity index (χ3v) is 4.33. The van der Waals surface area contributed by atoms with Gasteiger partial charge in [-0.2, -0.15) is 0 Å². The fraction of sp³-hybridized carbons (Fsp3) is 0.611. The van der Waals surface area contributed by atoms with Crippen molar-refractivity contribution in [2.45, 2.75) is 63.2 Å². The zero-order valence-corrected chi connectivity index (χ0v) is 18.5. The quantitative estimate of drug-likeness (QED) is 0.0574. The summed E-state index contributed by atoms with van der Waals surface area (Å²) in [7, 11) is 0. The maximum atomic E-state index is 12.8. The fourth-order valence-corrected chi connectivity index (χ4v) is 2.49. The number of nitrogens with one attached hydrogen (secondary N) is 3. The molecule has 12 N–H and O–H groups in total. The van der Waals surface area contributed by atoms with Crippen LogP contribution in [0.25, 0.3) is 0 Å². The van der Waals surface area contributed by atoms with Crippen molar-refractivity contribution in [3.8, 4) is 0 Å². The van der Waals surface area contributed by atoms with E-state index in [9.17, 15) is 28.8 Å². The van der Waals surface area contributed by atoms with Gasteiger partial charge in [0.25, 0.3) is 0 Å². The predicted octanol–water partition coefficient (Wildman–Crippen LogP) is -3.73. The Morgan fingerprint density at radius 1 is 0.824 bits per heavy atom. The second-order valence-corrected chi connectivity index (χ2v) is 7.28. The Kier molecular flexibility index (Phi) is 13.2. The van der Waals surface area contributed by atoms with Gasteiger partial charge in [-0.15, -0.1) is 0 Å². The second kappa shape index (κ2) is 15.0. The lowest BCUT2D eigenvalue weighted by Crippen LogP contribution is -2.57. The summed E-state index contributed by atoms with van der Waals surface area (Å²) in [4.78, 5) is 73.9. The average molecular weight is 489 g/mol. The van der Waals surface area contributed by atoms with Crippen LogP contribution < -0.4 is 33.2 Å². The maximum absolute atomic E-state index is 12.8. The smallest absolute Gasteiger partial charge is 0.325 e. The molecule has 0 aromatic rings. The minimum absolute atomic E-state index is 0.0487. The molecule has 34 heavy (non-hydrogen) atoms. The van der Waals surface area contributed by atoms with Gasteiger partial charge in [0.2, 0.25) is 17.7 Å². The van der Waals surface area contributed by atoms with E-state index in [-0.39, 0.29) is 31.8 Å². The highest BCUT2D eigenvalue weighted by Crippen LogP contribution is 2.04. The van der Waals surface area contributed by atoms with Crippen LogP contribution in [0.2, 0.25) is 0 Å². The molecule has 192 valence electrons. The third kappa shape index (κ3) is 12.8. The van der Waals surface area contributed by atoms with Crippen molar-refractivity contribution in [2.24, 2.45) is 22.2 Å². The van der Waals surface area contributed by atoms with E-state index >= 15 is 0 Å². The molecule has 0 fully saturated rings. The number of nitrogens with zero attached hydrogens (tertiary/aromatic N) is 1. The van der Waals surface area contributed by atoms with Gasteiger partial charge in [-0.05, 0) is 26.2 Å². The molecule has 0 aromatic heterocycles. The number of hydrogen-bond acceptors (Lipinski definition) is 8. The SMILES string of the molecule is CC(NC(=O)C(CC(=O)O)NC(=O)C(CCCN=C(N)N)NC(=O)C(N)CCC(=O)O)C(=O)O. The van der Waals surface area contributed by atoms with Gasteiger partial charge in [0.15, 0.2) is 5.96 Å². The van der Waals surface area contributed by atoms with Gasteiger partial charge in [-0.3, -0.25) is 33.8 Å². The molecule has 0 saturated heterocycles. The molecule has 0 rings (SSSR count). The number of carbonyl (C=O) groups excluding carboxylic acids is 3. The molecule has 0 aromatic carbocycles. The van der Waals surface area contributed by atoms with Gasteiger partial charge < -0.3 is 48.5 Å². The van der Waals surface area contributed by atoms with E-state index in [0.717, 1.165) is 6.92 Å². The zero-order valence-electron chi connectivity index (χ0n) is 18.5. The number of amides is 3. The molecule has 0 saturated carbocycles. The molecule has 16 nitrogen and oxygen atoms in total. The summed E-state index contributed by atoms with van der Waals surface area (Å²) >= 11 is 0. The molecular weight excluding hydrogens is 458 g/mol. The lowest BCUT2D eigenvalue weighted by atomic mass is 10.1. The Morgan fingerprint density at radius 2 is 1.38 bits per heavy atom. The number of hydrogen-bond donors (Lipinski definition) is 9. The van der Waals surface area contributed by atoms with E-state index in [1.54, 1.807) is 0 Å². The average Bonchev–Trinajstić information content (AvgIpc) is 2.72. The fourth-order valence-electron chi connectivity index (χ4n) is 2.49. The van der Waals surface area contributed by atoms with E-state index < -0.39 is 72.6 Å². The highest BCUT2D eigenvalue weighted by atomic mass is 16.4.